The second-order valence-electron chi connectivity index (χ2n) is 4.60. The van der Waals surface area contributed by atoms with Gasteiger partial charge in [0.25, 0.3) is 0 Å². The minimum atomic E-state index is -0.668. The van der Waals surface area contributed by atoms with Crippen LogP contribution in [0.5, 0.6) is 11.5 Å². The minimum Gasteiger partial charge on any atom is -0.497 e. The number of benzene rings is 2. The number of hydrogen-bond acceptors (Lipinski definition) is 3. The van der Waals surface area contributed by atoms with Crippen LogP contribution in [0.3, 0.4) is 0 Å². The Morgan fingerprint density at radius 2 is 2.00 bits per heavy atom. The van der Waals surface area contributed by atoms with Crippen LogP contribution in [0, 0.1) is 5.82 Å². The zero-order valence-electron chi connectivity index (χ0n) is 11.8. The van der Waals surface area contributed by atoms with Crippen molar-refractivity contribution in [2.45, 2.75) is 19.6 Å². The molecule has 2 aromatic carbocycles. The van der Waals surface area contributed by atoms with Crippen molar-refractivity contribution in [3.8, 4) is 11.5 Å². The van der Waals surface area contributed by atoms with E-state index in [-0.39, 0.29) is 12.4 Å². The first-order chi connectivity index (χ1) is 10.0. The van der Waals surface area contributed by atoms with Gasteiger partial charge in [-0.25, -0.2) is 4.39 Å². The molecule has 1 atom stereocenters. The van der Waals surface area contributed by atoms with E-state index in [1.54, 1.807) is 31.2 Å². The summed E-state index contributed by atoms with van der Waals surface area (Å²) >= 11 is 3.35. The van der Waals surface area contributed by atoms with Gasteiger partial charge in [0, 0.05) is 21.7 Å². The van der Waals surface area contributed by atoms with Crippen molar-refractivity contribution < 1.29 is 19.0 Å². The van der Waals surface area contributed by atoms with Crippen LogP contribution >= 0.6 is 15.9 Å². The van der Waals surface area contributed by atoms with E-state index in [9.17, 15) is 9.50 Å². The Morgan fingerprint density at radius 1 is 1.24 bits per heavy atom. The average Bonchev–Trinajstić information content (AvgIpc) is 2.46. The molecule has 0 bridgehead atoms. The van der Waals surface area contributed by atoms with Gasteiger partial charge in [0.05, 0.1) is 13.2 Å². The third-order valence-corrected chi connectivity index (χ3v) is 3.56. The zero-order valence-corrected chi connectivity index (χ0v) is 13.4. The standard InChI is InChI=1S/C16H16BrFO3/c1-10(19)14-7-12(17)4-6-16(14)21-9-11-3-5-13(20-2)8-15(11)18/h3-8,10,19H,9H2,1-2H3/t10-/m0/s1. The first kappa shape index (κ1) is 15.8. The molecule has 21 heavy (non-hydrogen) atoms. The topological polar surface area (TPSA) is 38.7 Å². The molecular weight excluding hydrogens is 339 g/mol. The molecule has 5 heteroatoms. The number of aliphatic hydroxyl groups is 1. The van der Waals surface area contributed by atoms with Gasteiger partial charge in [0.2, 0.25) is 0 Å². The van der Waals surface area contributed by atoms with Crippen LogP contribution in [0.25, 0.3) is 0 Å². The maximum absolute atomic E-state index is 13.8. The van der Waals surface area contributed by atoms with Gasteiger partial charge >= 0.3 is 0 Å². The Kier molecular flexibility index (Phi) is 5.20. The molecule has 0 saturated carbocycles. The van der Waals surface area contributed by atoms with Gasteiger partial charge in [-0.15, -0.1) is 0 Å². The van der Waals surface area contributed by atoms with E-state index in [4.69, 9.17) is 9.47 Å². The van der Waals surface area contributed by atoms with Crippen molar-refractivity contribution in [1.29, 1.82) is 0 Å². The maximum atomic E-state index is 13.8. The fourth-order valence-electron chi connectivity index (χ4n) is 1.90. The van der Waals surface area contributed by atoms with Gasteiger partial charge in [-0.1, -0.05) is 15.9 Å². The summed E-state index contributed by atoms with van der Waals surface area (Å²) in [7, 11) is 1.49. The first-order valence-corrected chi connectivity index (χ1v) is 7.23. The summed E-state index contributed by atoms with van der Waals surface area (Å²) in [6.07, 6.45) is -0.668. The molecule has 0 fully saturated rings. The second-order valence-corrected chi connectivity index (χ2v) is 5.52. The van der Waals surface area contributed by atoms with E-state index in [1.807, 2.05) is 6.07 Å². The molecule has 3 nitrogen and oxygen atoms in total. The van der Waals surface area contributed by atoms with E-state index < -0.39 is 6.10 Å². The normalized spacial score (nSPS) is 12.0. The molecule has 1 N–H and O–H groups in total. The Labute approximate surface area is 131 Å². The molecule has 0 aromatic heterocycles. The van der Waals surface area contributed by atoms with Crippen LogP contribution in [-0.4, -0.2) is 12.2 Å². The first-order valence-electron chi connectivity index (χ1n) is 6.44. The van der Waals surface area contributed by atoms with E-state index in [2.05, 4.69) is 15.9 Å². The summed E-state index contributed by atoms with van der Waals surface area (Å²) < 4.78 is 25.3. The molecule has 0 saturated heterocycles. The van der Waals surface area contributed by atoms with Gasteiger partial charge in [-0.2, -0.15) is 0 Å². The fraction of sp³-hybridized carbons (Fsp3) is 0.250. The Bertz CT molecular complexity index is 629. The van der Waals surface area contributed by atoms with E-state index in [0.29, 0.717) is 22.6 Å². The lowest BCUT2D eigenvalue weighted by atomic mass is 10.1. The average molecular weight is 355 g/mol. The van der Waals surface area contributed by atoms with Gasteiger partial charge < -0.3 is 14.6 Å². The summed E-state index contributed by atoms with van der Waals surface area (Å²) in [6.45, 7) is 1.74. The third-order valence-electron chi connectivity index (χ3n) is 3.07. The number of hydrogen-bond donors (Lipinski definition) is 1. The van der Waals surface area contributed by atoms with Gasteiger partial charge in [-0.3, -0.25) is 0 Å². The minimum absolute atomic E-state index is 0.0805. The highest BCUT2D eigenvalue weighted by atomic mass is 79.9. The molecule has 0 amide bonds. The zero-order chi connectivity index (χ0) is 15.4. The van der Waals surface area contributed by atoms with Crippen molar-refractivity contribution in [2.24, 2.45) is 0 Å². The lowest BCUT2D eigenvalue weighted by Crippen LogP contribution is -2.03. The van der Waals surface area contributed by atoms with E-state index >= 15 is 0 Å². The molecule has 112 valence electrons. The molecule has 0 radical (unpaired) electrons. The summed E-state index contributed by atoms with van der Waals surface area (Å²) in [5.74, 6) is 0.609. The Hall–Kier alpha value is -1.59. The highest BCUT2D eigenvalue weighted by molar-refractivity contribution is 9.10. The molecule has 0 unspecified atom stereocenters. The number of ether oxygens (including phenoxy) is 2. The monoisotopic (exact) mass is 354 g/mol. The predicted octanol–water partition coefficient (Wildman–Crippen LogP) is 4.23. The van der Waals surface area contributed by atoms with Crippen molar-refractivity contribution in [2.75, 3.05) is 7.11 Å². The van der Waals surface area contributed by atoms with Crippen LogP contribution in [0.2, 0.25) is 0 Å². The summed E-state index contributed by atoms with van der Waals surface area (Å²) in [5.41, 5.74) is 1.08. The van der Waals surface area contributed by atoms with E-state index in [1.165, 1.54) is 13.2 Å². The molecule has 0 aliphatic rings. The third kappa shape index (κ3) is 3.95. The Balaban J connectivity index is 2.16. The molecule has 0 heterocycles. The van der Waals surface area contributed by atoms with Gasteiger partial charge in [0.15, 0.2) is 0 Å². The van der Waals surface area contributed by atoms with Crippen LogP contribution in [-0.2, 0) is 6.61 Å². The van der Waals surface area contributed by atoms with Crippen molar-refractivity contribution in [3.63, 3.8) is 0 Å². The molecule has 2 aromatic rings. The van der Waals surface area contributed by atoms with Gasteiger partial charge in [-0.05, 0) is 37.3 Å². The molecule has 2 rings (SSSR count). The molecule has 0 aliphatic carbocycles. The highest BCUT2D eigenvalue weighted by Gasteiger charge is 2.11. The second kappa shape index (κ2) is 6.91. The fourth-order valence-corrected chi connectivity index (χ4v) is 2.28. The quantitative estimate of drug-likeness (QED) is 0.873. The number of rotatable bonds is 5. The number of methoxy groups -OCH3 is 1. The predicted molar refractivity (Wildman–Crippen MR) is 82.1 cm³/mol. The van der Waals surface area contributed by atoms with Crippen LogP contribution in [0.4, 0.5) is 4.39 Å². The van der Waals surface area contributed by atoms with E-state index in [0.717, 1.165) is 4.47 Å². The molecular formula is C16H16BrFO3. The van der Waals surface area contributed by atoms with Crippen molar-refractivity contribution in [3.05, 3.63) is 57.8 Å². The number of aliphatic hydroxyl groups excluding tert-OH is 1. The lowest BCUT2D eigenvalue weighted by molar-refractivity contribution is 0.189. The molecule has 0 spiro atoms. The maximum Gasteiger partial charge on any atom is 0.133 e. The van der Waals surface area contributed by atoms with Crippen molar-refractivity contribution >= 4 is 15.9 Å². The summed E-state index contributed by atoms with van der Waals surface area (Å²) in [4.78, 5) is 0. The van der Waals surface area contributed by atoms with Crippen LogP contribution in [0.15, 0.2) is 40.9 Å². The molecule has 0 aliphatic heterocycles. The van der Waals surface area contributed by atoms with Crippen molar-refractivity contribution in [1.82, 2.24) is 0 Å². The highest BCUT2D eigenvalue weighted by Crippen LogP contribution is 2.29. The van der Waals surface area contributed by atoms with Crippen LogP contribution < -0.4 is 9.47 Å². The largest absolute Gasteiger partial charge is 0.497 e. The van der Waals surface area contributed by atoms with Gasteiger partial charge in [0.1, 0.15) is 23.9 Å². The summed E-state index contributed by atoms with van der Waals surface area (Å²) in [6, 6.07) is 9.95. The smallest absolute Gasteiger partial charge is 0.133 e. The summed E-state index contributed by atoms with van der Waals surface area (Å²) in [5, 5.41) is 9.76. The lowest BCUT2D eigenvalue weighted by Gasteiger charge is -2.14. The van der Waals surface area contributed by atoms with Crippen LogP contribution in [0.1, 0.15) is 24.2 Å². The SMILES string of the molecule is COc1ccc(COc2ccc(Br)cc2[C@H](C)O)c(F)c1. The number of halogens is 2. The Morgan fingerprint density at radius 3 is 2.62 bits per heavy atom.